The van der Waals surface area contributed by atoms with Crippen LogP contribution in [0.15, 0.2) is 109 Å². The highest BCUT2D eigenvalue weighted by atomic mass is 16.5. The van der Waals surface area contributed by atoms with Gasteiger partial charge in [0.25, 0.3) is 0 Å². The average Bonchev–Trinajstić information content (AvgIpc) is 4.07. The Bertz CT molecular complexity index is 3010. The van der Waals surface area contributed by atoms with Crippen molar-refractivity contribution in [2.75, 3.05) is 6.61 Å². The van der Waals surface area contributed by atoms with Gasteiger partial charge in [0.15, 0.2) is 0 Å². The van der Waals surface area contributed by atoms with Crippen LogP contribution in [-0.2, 0) is 55.9 Å². The van der Waals surface area contributed by atoms with Gasteiger partial charge in [0.05, 0.1) is 0 Å². The molecule has 0 aliphatic heterocycles. The Morgan fingerprint density at radius 3 is 1.32 bits per heavy atom. The molecule has 4 aromatic carbocycles. The van der Waals surface area contributed by atoms with Gasteiger partial charge in [-0.05, 0) is 64.8 Å². The smallest absolute Gasteiger partial charge is 0.407 e. The topological polar surface area (TPSA) is 341 Å². The Morgan fingerprint density at radius 1 is 0.493 bits per heavy atom. The highest BCUT2D eigenvalue weighted by Gasteiger charge is 2.35. The van der Waals surface area contributed by atoms with Crippen molar-refractivity contribution < 1.29 is 63.2 Å². The number of ether oxygens (including phenoxy) is 1. The second-order valence-corrected chi connectivity index (χ2v) is 17.6. The predicted octanol–water partition coefficient (Wildman–Crippen LogP) is 3.36. The zero-order chi connectivity index (χ0) is 52.2. The van der Waals surface area contributed by atoms with E-state index in [0.29, 0.717) is 32.9 Å². The number of amides is 6. The van der Waals surface area contributed by atoms with Crippen LogP contribution in [0.1, 0.15) is 66.7 Å². The first-order chi connectivity index (χ1) is 35.1. The molecule has 12 N–H and O–H groups in total. The minimum Gasteiger partial charge on any atom is -0.481 e. The van der Waals surface area contributed by atoms with Gasteiger partial charge in [-0.3, -0.25) is 38.4 Å². The van der Waals surface area contributed by atoms with Gasteiger partial charge in [0, 0.05) is 72.2 Å². The number of H-pyrrole nitrogens is 2. The summed E-state index contributed by atoms with van der Waals surface area (Å²) in [6.07, 6.45) is -1.36. The molecular weight excluding hydrogens is 945 g/mol. The molecule has 7 rings (SSSR count). The largest absolute Gasteiger partial charge is 0.481 e. The van der Waals surface area contributed by atoms with E-state index < -0.39 is 116 Å². The molecule has 0 fully saturated rings. The highest BCUT2D eigenvalue weighted by Crippen LogP contribution is 2.44. The fourth-order valence-corrected chi connectivity index (χ4v) is 8.96. The molecule has 2 heterocycles. The van der Waals surface area contributed by atoms with Crippen LogP contribution in [0.25, 0.3) is 32.9 Å². The van der Waals surface area contributed by atoms with Crippen molar-refractivity contribution in [3.63, 3.8) is 0 Å². The molecule has 5 atom stereocenters. The van der Waals surface area contributed by atoms with Gasteiger partial charge in [-0.1, -0.05) is 84.9 Å². The minimum absolute atomic E-state index is 0.126. The van der Waals surface area contributed by atoms with E-state index in [1.807, 2.05) is 48.5 Å². The van der Waals surface area contributed by atoms with E-state index >= 15 is 0 Å². The van der Waals surface area contributed by atoms with Crippen LogP contribution < -0.4 is 32.3 Å². The third-order valence-corrected chi connectivity index (χ3v) is 12.6. The van der Waals surface area contributed by atoms with E-state index in [-0.39, 0.29) is 31.8 Å². The van der Waals surface area contributed by atoms with Gasteiger partial charge in [-0.2, -0.15) is 0 Å². The number of carbonyl (C=O) groups is 9. The molecular formula is C52H54N8O13. The normalized spacial score (nSPS) is 13.8. The molecule has 0 radical (unpaired) electrons. The standard InChI is InChI=1S/C52H54N8O13/c53-47(67)39(17-20-44(61)62)56-50(70)42(23-28-25-54-37-15-7-5-9-30(28)37)58-48(68)40(18-21-45(63)64)57-51(71)43(24-29-26-55-38-16-8-6-10-31(29)38)59-49(69)41(19-22-46(65)66)60-52(72)73-27-36-34-13-3-1-11-32(34)33-12-2-4-14-35(33)36/h1-16,25-26,36,39-43,54-55H,17-24,27H2,(H2,53,67)(H,56,70)(H,57,71)(H,58,68)(H,59,69)(H,60,72)(H,61,62)(H,63,64)(H,65,66)/t39-,40-,41-,42-,43-/m0/s1. The van der Waals surface area contributed by atoms with Crippen LogP contribution in [0.4, 0.5) is 4.79 Å². The van der Waals surface area contributed by atoms with Gasteiger partial charge in [-0.15, -0.1) is 0 Å². The number of benzene rings is 4. The summed E-state index contributed by atoms with van der Waals surface area (Å²) >= 11 is 0. The van der Waals surface area contributed by atoms with Gasteiger partial charge in [-0.25, -0.2) is 4.79 Å². The van der Waals surface area contributed by atoms with Crippen LogP contribution >= 0.6 is 0 Å². The molecule has 380 valence electrons. The number of carbonyl (C=O) groups excluding carboxylic acids is 6. The van der Waals surface area contributed by atoms with Crippen LogP contribution in [0.5, 0.6) is 0 Å². The number of primary amides is 1. The minimum atomic E-state index is -1.68. The molecule has 6 aromatic rings. The lowest BCUT2D eigenvalue weighted by molar-refractivity contribution is -0.138. The highest BCUT2D eigenvalue weighted by molar-refractivity contribution is 5.97. The maximum atomic E-state index is 14.6. The van der Waals surface area contributed by atoms with Crippen LogP contribution in [0, 0.1) is 0 Å². The number of carboxylic acid groups (broad SMARTS) is 3. The zero-order valence-electron chi connectivity index (χ0n) is 39.2. The molecule has 0 unspecified atom stereocenters. The molecule has 0 saturated carbocycles. The summed E-state index contributed by atoms with van der Waals surface area (Å²) in [5.41, 5.74) is 11.7. The Hall–Kier alpha value is -9.01. The third kappa shape index (κ3) is 13.2. The second-order valence-electron chi connectivity index (χ2n) is 17.6. The number of carboxylic acids is 3. The predicted molar refractivity (Wildman–Crippen MR) is 264 cm³/mol. The molecule has 1 aliphatic carbocycles. The fourth-order valence-electron chi connectivity index (χ4n) is 8.96. The number of para-hydroxylation sites is 2. The Kier molecular flexibility index (Phi) is 16.9. The first kappa shape index (κ1) is 51.8. The number of hydrogen-bond acceptors (Lipinski definition) is 10. The Balaban J connectivity index is 1.13. The first-order valence-corrected chi connectivity index (χ1v) is 23.4. The third-order valence-electron chi connectivity index (χ3n) is 12.6. The lowest BCUT2D eigenvalue weighted by Crippen LogP contribution is -2.59. The molecule has 2 aromatic heterocycles. The van der Waals surface area contributed by atoms with Crippen molar-refractivity contribution in [1.82, 2.24) is 36.6 Å². The Morgan fingerprint density at radius 2 is 0.863 bits per heavy atom. The van der Waals surface area contributed by atoms with E-state index in [9.17, 15) is 58.5 Å². The van der Waals surface area contributed by atoms with Crippen molar-refractivity contribution in [1.29, 1.82) is 0 Å². The summed E-state index contributed by atoms with van der Waals surface area (Å²) in [6.45, 7) is -0.126. The second kappa shape index (κ2) is 23.7. The van der Waals surface area contributed by atoms with Crippen molar-refractivity contribution in [2.24, 2.45) is 5.73 Å². The summed E-state index contributed by atoms with van der Waals surface area (Å²) in [6, 6.07) is 21.7. The summed E-state index contributed by atoms with van der Waals surface area (Å²) in [7, 11) is 0. The number of fused-ring (bicyclic) bond motifs is 5. The van der Waals surface area contributed by atoms with Gasteiger partial charge in [0.2, 0.25) is 29.5 Å². The van der Waals surface area contributed by atoms with Gasteiger partial charge < -0.3 is 62.3 Å². The number of aliphatic carboxylic acids is 3. The average molecular weight is 999 g/mol. The van der Waals surface area contributed by atoms with Crippen LogP contribution in [0.2, 0.25) is 0 Å². The lowest BCUT2D eigenvalue weighted by atomic mass is 9.98. The maximum absolute atomic E-state index is 14.6. The first-order valence-electron chi connectivity index (χ1n) is 23.4. The molecule has 1 aliphatic rings. The molecule has 0 bridgehead atoms. The molecule has 0 saturated heterocycles. The fraction of sp³-hybridized carbons (Fsp3) is 0.288. The molecule has 6 amide bonds. The number of hydrogen-bond donors (Lipinski definition) is 11. The number of rotatable bonds is 25. The molecule has 21 heteroatoms. The summed E-state index contributed by atoms with van der Waals surface area (Å²) in [4.78, 5) is 124. The maximum Gasteiger partial charge on any atom is 0.407 e. The quantitative estimate of drug-likeness (QED) is 0.0393. The monoisotopic (exact) mass is 998 g/mol. The van der Waals surface area contributed by atoms with E-state index in [1.54, 1.807) is 60.9 Å². The summed E-state index contributed by atoms with van der Waals surface area (Å²) in [5, 5.41) is 42.5. The number of aromatic nitrogens is 2. The van der Waals surface area contributed by atoms with E-state index in [4.69, 9.17) is 10.5 Å². The van der Waals surface area contributed by atoms with Crippen LogP contribution in [-0.4, -0.2) is 116 Å². The summed E-state index contributed by atoms with van der Waals surface area (Å²) in [5.74, 6) is -9.23. The van der Waals surface area contributed by atoms with Crippen molar-refractivity contribution in [2.45, 2.75) is 87.5 Å². The molecule has 0 spiro atoms. The number of aromatic amines is 2. The van der Waals surface area contributed by atoms with E-state index in [1.165, 1.54) is 0 Å². The number of alkyl carbamates (subject to hydrolysis) is 1. The number of nitrogens with one attached hydrogen (secondary N) is 7. The van der Waals surface area contributed by atoms with Gasteiger partial charge in [0.1, 0.15) is 36.8 Å². The number of nitrogens with two attached hydrogens (primary N) is 1. The van der Waals surface area contributed by atoms with Crippen molar-refractivity contribution in [3.05, 3.63) is 132 Å². The molecule has 21 nitrogen and oxygen atoms in total. The van der Waals surface area contributed by atoms with Crippen LogP contribution in [0.3, 0.4) is 0 Å². The van der Waals surface area contributed by atoms with Crippen molar-refractivity contribution in [3.8, 4) is 11.1 Å². The Labute approximate surface area is 416 Å². The van der Waals surface area contributed by atoms with Crippen molar-refractivity contribution >= 4 is 75.3 Å². The SMILES string of the molecule is NC(=O)[C@H](CCC(=O)O)NC(=O)[C@H](Cc1c[nH]c2ccccc12)NC(=O)[C@H](CCC(=O)O)NC(=O)[C@H](Cc1c[nH]c2ccccc12)NC(=O)[C@H](CCC(=O)O)NC(=O)OCC1c2ccccc2-c2ccccc21. The van der Waals surface area contributed by atoms with E-state index in [0.717, 1.165) is 22.3 Å². The zero-order valence-corrected chi connectivity index (χ0v) is 39.2. The van der Waals surface area contributed by atoms with Gasteiger partial charge >= 0.3 is 24.0 Å². The molecule has 73 heavy (non-hydrogen) atoms. The van der Waals surface area contributed by atoms with E-state index in [2.05, 4.69) is 36.6 Å². The lowest BCUT2D eigenvalue weighted by Gasteiger charge is -2.27. The summed E-state index contributed by atoms with van der Waals surface area (Å²) < 4.78 is 5.66.